The topological polar surface area (TPSA) is 96.0 Å². The summed E-state index contributed by atoms with van der Waals surface area (Å²) >= 11 is 1.63. The number of carbonyl (C=O) groups is 2. The molecule has 2 aromatic rings. The van der Waals surface area contributed by atoms with Gasteiger partial charge < -0.3 is 10.1 Å². The maximum Gasteiger partial charge on any atom is 0.243 e. The van der Waals surface area contributed by atoms with Crippen molar-refractivity contribution in [1.82, 2.24) is 9.62 Å². The van der Waals surface area contributed by atoms with Crippen molar-refractivity contribution in [1.29, 1.82) is 0 Å². The lowest BCUT2D eigenvalue weighted by atomic mass is 10.1. The van der Waals surface area contributed by atoms with Gasteiger partial charge >= 0.3 is 0 Å². The first kappa shape index (κ1) is 21.9. The number of hydrogen-bond acceptors (Lipinski definition) is 6. The van der Waals surface area contributed by atoms with Crippen LogP contribution in [-0.4, -0.2) is 63.4 Å². The van der Waals surface area contributed by atoms with Crippen LogP contribution in [0, 0.1) is 0 Å². The van der Waals surface area contributed by atoms with Gasteiger partial charge in [0.2, 0.25) is 21.8 Å². The number of hydrogen-bond donors (Lipinski definition) is 1. The highest BCUT2D eigenvalue weighted by atomic mass is 32.2. The van der Waals surface area contributed by atoms with Crippen molar-refractivity contribution >= 4 is 38.9 Å². The van der Waals surface area contributed by atoms with Crippen molar-refractivity contribution < 1.29 is 22.7 Å². The number of sulfonamides is 1. The maximum atomic E-state index is 13.0. The maximum absolute atomic E-state index is 13.0. The minimum atomic E-state index is -3.65. The van der Waals surface area contributed by atoms with Crippen LogP contribution in [0.3, 0.4) is 0 Å². The van der Waals surface area contributed by atoms with E-state index in [4.69, 9.17) is 4.74 Å². The Morgan fingerprint density at radius 3 is 2.68 bits per heavy atom. The second-order valence-electron chi connectivity index (χ2n) is 7.54. The fourth-order valence-corrected chi connectivity index (χ4v) is 6.17. The molecule has 0 unspecified atom stereocenters. The largest absolute Gasteiger partial charge is 0.379 e. The molecule has 4 rings (SSSR count). The molecule has 1 fully saturated rings. The van der Waals surface area contributed by atoms with Gasteiger partial charge in [-0.25, -0.2) is 8.42 Å². The molecule has 2 amide bonds. The lowest BCUT2D eigenvalue weighted by Gasteiger charge is -2.26. The molecule has 0 saturated carbocycles. The number of benzene rings is 1. The van der Waals surface area contributed by atoms with E-state index in [9.17, 15) is 18.0 Å². The Kier molecular flexibility index (Phi) is 6.42. The Bertz CT molecular complexity index is 1060. The van der Waals surface area contributed by atoms with Gasteiger partial charge in [0.25, 0.3) is 0 Å². The summed E-state index contributed by atoms with van der Waals surface area (Å²) in [5, 5.41) is 4.90. The molecular weight excluding hydrogens is 438 g/mol. The van der Waals surface area contributed by atoms with Gasteiger partial charge in [0.15, 0.2) is 0 Å². The van der Waals surface area contributed by atoms with Gasteiger partial charge in [-0.15, -0.1) is 11.3 Å². The van der Waals surface area contributed by atoms with Gasteiger partial charge in [0, 0.05) is 43.5 Å². The molecule has 0 radical (unpaired) electrons. The molecule has 1 aromatic carbocycles. The molecule has 8 nitrogen and oxygen atoms in total. The summed E-state index contributed by atoms with van der Waals surface area (Å²) in [6.07, 6.45) is 1.01. The molecule has 2 aliphatic heterocycles. The summed E-state index contributed by atoms with van der Waals surface area (Å²) in [6.45, 7) is 3.27. The predicted molar refractivity (Wildman–Crippen MR) is 118 cm³/mol. The monoisotopic (exact) mass is 463 g/mol. The van der Waals surface area contributed by atoms with E-state index in [1.165, 1.54) is 27.1 Å². The van der Waals surface area contributed by atoms with E-state index in [1.54, 1.807) is 23.5 Å². The minimum Gasteiger partial charge on any atom is -0.379 e. The van der Waals surface area contributed by atoms with Gasteiger partial charge in [-0.3, -0.25) is 14.5 Å². The highest BCUT2D eigenvalue weighted by molar-refractivity contribution is 7.89. The standard InChI is InChI=1S/C21H25N3O5S2/c1-15(25)24-19-5-4-18(31(27,28)23-8-10-29-11-9-23)13-16(19)14-20(24)21(26)22-7-6-17-3-2-12-30-17/h2-5,12-13,20H,6-11,14H2,1H3,(H,22,26)/t20-/m1/s1. The van der Waals surface area contributed by atoms with Crippen molar-refractivity contribution in [3.8, 4) is 0 Å². The van der Waals surface area contributed by atoms with E-state index >= 15 is 0 Å². The van der Waals surface area contributed by atoms with Crippen LogP contribution in [0.25, 0.3) is 0 Å². The summed E-state index contributed by atoms with van der Waals surface area (Å²) in [4.78, 5) is 28.0. The average Bonchev–Trinajstić information content (AvgIpc) is 3.41. The number of morpholine rings is 1. The highest BCUT2D eigenvalue weighted by Gasteiger charge is 2.38. The molecule has 10 heteroatoms. The second kappa shape index (κ2) is 9.07. The third-order valence-corrected chi connectivity index (χ3v) is 8.37. The number of ether oxygens (including phenoxy) is 1. The van der Waals surface area contributed by atoms with Crippen LogP contribution in [0.1, 0.15) is 17.4 Å². The molecule has 0 aliphatic carbocycles. The summed E-state index contributed by atoms with van der Waals surface area (Å²) in [7, 11) is -3.65. The Morgan fingerprint density at radius 2 is 2.00 bits per heavy atom. The molecule has 3 heterocycles. The van der Waals surface area contributed by atoms with Crippen LogP contribution in [0.15, 0.2) is 40.6 Å². The Balaban J connectivity index is 1.51. The van der Waals surface area contributed by atoms with Crippen LogP contribution in [0.5, 0.6) is 0 Å². The first-order valence-electron chi connectivity index (χ1n) is 10.2. The summed E-state index contributed by atoms with van der Waals surface area (Å²) < 4.78 is 32.6. The molecule has 166 valence electrons. The first-order chi connectivity index (χ1) is 14.9. The third kappa shape index (κ3) is 4.52. The lowest BCUT2D eigenvalue weighted by Crippen LogP contribution is -2.47. The summed E-state index contributed by atoms with van der Waals surface area (Å²) in [5.74, 6) is -0.485. The minimum absolute atomic E-state index is 0.176. The quantitative estimate of drug-likeness (QED) is 0.699. The van der Waals surface area contributed by atoms with Crippen molar-refractivity contribution in [2.75, 3.05) is 37.7 Å². The number of anilines is 1. The number of amides is 2. The van der Waals surface area contributed by atoms with Crippen LogP contribution in [-0.2, 0) is 37.2 Å². The zero-order chi connectivity index (χ0) is 22.0. The summed E-state index contributed by atoms with van der Waals surface area (Å²) in [6, 6.07) is 8.03. The normalized spacial score (nSPS) is 19.3. The number of thiophene rings is 1. The van der Waals surface area contributed by atoms with Gasteiger partial charge in [0.1, 0.15) is 6.04 Å². The molecule has 0 spiro atoms. The lowest BCUT2D eigenvalue weighted by molar-refractivity contribution is -0.125. The van der Waals surface area contributed by atoms with E-state index in [0.29, 0.717) is 44.1 Å². The number of rotatable bonds is 6. The average molecular weight is 464 g/mol. The molecule has 0 bridgehead atoms. The fourth-order valence-electron chi connectivity index (χ4n) is 4.00. The predicted octanol–water partition coefficient (Wildman–Crippen LogP) is 1.41. The Morgan fingerprint density at radius 1 is 1.23 bits per heavy atom. The molecule has 1 atom stereocenters. The van der Waals surface area contributed by atoms with Crippen molar-refractivity contribution in [3.05, 3.63) is 46.2 Å². The van der Waals surface area contributed by atoms with Crippen LogP contribution >= 0.6 is 11.3 Å². The molecule has 2 aliphatic rings. The van der Waals surface area contributed by atoms with E-state index in [-0.39, 0.29) is 23.1 Å². The van der Waals surface area contributed by atoms with Crippen molar-refractivity contribution in [2.45, 2.75) is 30.7 Å². The molecule has 1 saturated heterocycles. The van der Waals surface area contributed by atoms with Gasteiger partial charge in [-0.1, -0.05) is 6.07 Å². The van der Waals surface area contributed by atoms with Crippen molar-refractivity contribution in [2.24, 2.45) is 0 Å². The molecule has 1 aromatic heterocycles. The highest BCUT2D eigenvalue weighted by Crippen LogP contribution is 2.35. The zero-order valence-corrected chi connectivity index (χ0v) is 18.9. The molecule has 1 N–H and O–H groups in total. The Hall–Kier alpha value is -2.27. The van der Waals surface area contributed by atoms with E-state index in [0.717, 1.165) is 6.42 Å². The number of fused-ring (bicyclic) bond motifs is 1. The zero-order valence-electron chi connectivity index (χ0n) is 17.2. The van der Waals surface area contributed by atoms with E-state index in [2.05, 4.69) is 5.32 Å². The third-order valence-electron chi connectivity index (χ3n) is 5.54. The summed E-state index contributed by atoms with van der Waals surface area (Å²) in [5.41, 5.74) is 1.27. The first-order valence-corrected chi connectivity index (χ1v) is 12.5. The van der Waals surface area contributed by atoms with Crippen LogP contribution < -0.4 is 10.2 Å². The van der Waals surface area contributed by atoms with E-state index in [1.807, 2.05) is 17.5 Å². The number of nitrogens with one attached hydrogen (secondary N) is 1. The SMILES string of the molecule is CC(=O)N1c2ccc(S(=O)(=O)N3CCOCC3)cc2C[C@@H]1C(=O)NCCc1cccs1. The van der Waals surface area contributed by atoms with Crippen LogP contribution in [0.2, 0.25) is 0 Å². The van der Waals surface area contributed by atoms with Crippen LogP contribution in [0.4, 0.5) is 5.69 Å². The van der Waals surface area contributed by atoms with Gasteiger partial charge in [-0.2, -0.15) is 4.31 Å². The fraction of sp³-hybridized carbons (Fsp3) is 0.429. The van der Waals surface area contributed by atoms with Gasteiger partial charge in [-0.05, 0) is 41.6 Å². The Labute approximate surface area is 185 Å². The number of nitrogens with zero attached hydrogens (tertiary/aromatic N) is 2. The smallest absolute Gasteiger partial charge is 0.243 e. The molecular formula is C21H25N3O5S2. The van der Waals surface area contributed by atoms with Gasteiger partial charge in [0.05, 0.1) is 18.1 Å². The van der Waals surface area contributed by atoms with Crippen molar-refractivity contribution in [3.63, 3.8) is 0 Å². The number of carbonyl (C=O) groups excluding carboxylic acids is 2. The second-order valence-corrected chi connectivity index (χ2v) is 10.5. The molecule has 31 heavy (non-hydrogen) atoms. The van der Waals surface area contributed by atoms with E-state index < -0.39 is 16.1 Å².